The first-order chi connectivity index (χ1) is 12.1. The molecule has 3 aliphatic rings. The normalized spacial score (nSPS) is 29.8. The lowest BCUT2D eigenvalue weighted by atomic mass is 9.75. The highest BCUT2D eigenvalue weighted by Gasteiger charge is 2.44. The molecule has 2 N–H and O–H groups in total. The van der Waals surface area contributed by atoms with Crippen molar-refractivity contribution in [3.05, 3.63) is 24.3 Å². The van der Waals surface area contributed by atoms with E-state index in [1.165, 1.54) is 25.7 Å². The number of thioether (sulfide) groups is 1. The number of aliphatic hydroxyl groups is 1. The number of hydrogen-bond donors (Lipinski definition) is 2. The molecule has 3 nitrogen and oxygen atoms in total. The molecular weight excluding hydrogens is 332 g/mol. The third-order valence-corrected chi connectivity index (χ3v) is 7.11. The van der Waals surface area contributed by atoms with Crippen LogP contribution in [0.4, 0.5) is 0 Å². The van der Waals surface area contributed by atoms with Gasteiger partial charge >= 0.3 is 5.97 Å². The van der Waals surface area contributed by atoms with Crippen molar-refractivity contribution in [3.63, 3.8) is 0 Å². The van der Waals surface area contributed by atoms with Crippen molar-refractivity contribution in [2.75, 3.05) is 0 Å². The van der Waals surface area contributed by atoms with Gasteiger partial charge in [0.15, 0.2) is 0 Å². The summed E-state index contributed by atoms with van der Waals surface area (Å²) in [5.41, 5.74) is 0. The van der Waals surface area contributed by atoms with E-state index in [-0.39, 0.29) is 12.5 Å². The zero-order chi connectivity index (χ0) is 18.1. The van der Waals surface area contributed by atoms with E-state index in [0.29, 0.717) is 11.8 Å². The fourth-order valence-electron chi connectivity index (χ4n) is 3.94. The number of aliphatic carboxylic acids is 1. The van der Waals surface area contributed by atoms with E-state index in [4.69, 9.17) is 5.11 Å². The Balaban J connectivity index is 1.76. The van der Waals surface area contributed by atoms with Gasteiger partial charge in [0.2, 0.25) is 0 Å². The highest BCUT2D eigenvalue weighted by atomic mass is 32.2. The van der Waals surface area contributed by atoms with Crippen molar-refractivity contribution in [1.29, 1.82) is 0 Å². The molecule has 2 heterocycles. The van der Waals surface area contributed by atoms with Gasteiger partial charge in [-0.1, -0.05) is 50.5 Å². The monoisotopic (exact) mass is 366 g/mol. The highest BCUT2D eigenvalue weighted by molar-refractivity contribution is 8.01. The first kappa shape index (κ1) is 20.6. The van der Waals surface area contributed by atoms with Crippen LogP contribution < -0.4 is 0 Å². The zero-order valence-electron chi connectivity index (χ0n) is 15.5. The van der Waals surface area contributed by atoms with Gasteiger partial charge in [-0.25, -0.2) is 0 Å². The minimum absolute atomic E-state index is 0.259. The van der Waals surface area contributed by atoms with Gasteiger partial charge in [0.05, 0.1) is 6.10 Å². The molecule has 0 aromatic heterocycles. The summed E-state index contributed by atoms with van der Waals surface area (Å²) in [6, 6.07) is 0. The Labute approximate surface area is 157 Å². The number of hydrogen-bond acceptors (Lipinski definition) is 3. The minimum atomic E-state index is -0.708. The smallest absolute Gasteiger partial charge is 0.303 e. The molecule has 1 aliphatic carbocycles. The quantitative estimate of drug-likeness (QED) is 0.368. The predicted octanol–water partition coefficient (Wildman–Crippen LogP) is 5.20. The van der Waals surface area contributed by atoms with Crippen molar-refractivity contribution in [1.82, 2.24) is 0 Å². The zero-order valence-corrected chi connectivity index (χ0v) is 16.3. The molecule has 1 saturated carbocycles. The maximum atomic E-state index is 10.5. The molecule has 142 valence electrons. The largest absolute Gasteiger partial charge is 0.481 e. The van der Waals surface area contributed by atoms with E-state index >= 15 is 0 Å². The number of carboxylic acids is 1. The summed E-state index contributed by atoms with van der Waals surface area (Å²) >= 11 is 2.14. The molecular formula is C21H34O3S. The van der Waals surface area contributed by atoms with Crippen LogP contribution in [0.15, 0.2) is 24.3 Å². The first-order valence-corrected chi connectivity index (χ1v) is 10.9. The van der Waals surface area contributed by atoms with Crippen molar-refractivity contribution < 1.29 is 15.0 Å². The second kappa shape index (κ2) is 11.1. The highest BCUT2D eigenvalue weighted by Crippen LogP contribution is 2.54. The Morgan fingerprint density at radius 3 is 2.76 bits per heavy atom. The fourth-order valence-corrected chi connectivity index (χ4v) is 5.58. The standard InChI is InChI=1S/C21H34O3S/c1-2-3-6-9-17(22)13-12-16-14-18-15-20(25-18)19(16)10-7-4-5-8-11-21(23)24/h4,7,12-13,16-20,22H,2-3,5-6,8-11,14-15H2,1H3,(H,23,24)/b7-4-,13-12+/t16-,17+,18-,19+,20-/m0/s1. The Kier molecular flexibility index (Phi) is 9.11. The maximum Gasteiger partial charge on any atom is 0.303 e. The summed E-state index contributed by atoms with van der Waals surface area (Å²) < 4.78 is 0. The van der Waals surface area contributed by atoms with Crippen LogP contribution in [0, 0.1) is 11.8 Å². The lowest BCUT2D eigenvalue weighted by Gasteiger charge is -2.49. The van der Waals surface area contributed by atoms with Crippen LogP contribution in [0.2, 0.25) is 0 Å². The number of carboxylic acid groups (broad SMARTS) is 1. The van der Waals surface area contributed by atoms with Gasteiger partial charge in [-0.3, -0.25) is 4.79 Å². The van der Waals surface area contributed by atoms with E-state index in [9.17, 15) is 9.90 Å². The van der Waals surface area contributed by atoms with Crippen LogP contribution in [0.1, 0.15) is 71.1 Å². The summed E-state index contributed by atoms with van der Waals surface area (Å²) in [7, 11) is 0. The fraction of sp³-hybridized carbons (Fsp3) is 0.762. The van der Waals surface area contributed by atoms with Gasteiger partial charge in [-0.2, -0.15) is 11.8 Å². The minimum Gasteiger partial charge on any atom is -0.481 e. The van der Waals surface area contributed by atoms with Crippen LogP contribution in [0.5, 0.6) is 0 Å². The molecule has 0 aromatic rings. The molecule has 25 heavy (non-hydrogen) atoms. The number of carbonyl (C=O) groups is 1. The van der Waals surface area contributed by atoms with Gasteiger partial charge in [0.25, 0.3) is 0 Å². The van der Waals surface area contributed by atoms with Crippen LogP contribution in [0.25, 0.3) is 0 Å². The van der Waals surface area contributed by atoms with Crippen LogP contribution in [0.3, 0.4) is 0 Å². The van der Waals surface area contributed by atoms with Crippen molar-refractivity contribution in [2.24, 2.45) is 11.8 Å². The van der Waals surface area contributed by atoms with Crippen LogP contribution >= 0.6 is 11.8 Å². The number of unbranched alkanes of at least 4 members (excludes halogenated alkanes) is 3. The van der Waals surface area contributed by atoms with E-state index in [1.54, 1.807) is 0 Å². The van der Waals surface area contributed by atoms with Crippen molar-refractivity contribution in [2.45, 2.75) is 87.7 Å². The number of allylic oxidation sites excluding steroid dienone is 3. The summed E-state index contributed by atoms with van der Waals surface area (Å²) in [5.74, 6) is 0.555. The average Bonchev–Trinajstić information content (AvgIpc) is 2.55. The topological polar surface area (TPSA) is 57.5 Å². The molecule has 4 heteroatoms. The van der Waals surface area contributed by atoms with E-state index in [2.05, 4.69) is 36.9 Å². The molecule has 0 spiro atoms. The van der Waals surface area contributed by atoms with Gasteiger partial charge in [0.1, 0.15) is 0 Å². The number of fused-ring (bicyclic) bond motifs is 2. The molecule has 2 saturated heterocycles. The van der Waals surface area contributed by atoms with E-state index in [0.717, 1.165) is 42.6 Å². The molecule has 2 aliphatic heterocycles. The Morgan fingerprint density at radius 1 is 1.24 bits per heavy atom. The lowest BCUT2D eigenvalue weighted by molar-refractivity contribution is -0.137. The average molecular weight is 367 g/mol. The van der Waals surface area contributed by atoms with Crippen LogP contribution in [-0.2, 0) is 4.79 Å². The SMILES string of the molecule is CCCCC[C@@H](O)/C=C/[C@H]1C[C@H]2C[C@H](S2)[C@@H]1C/C=C\CCCC(=O)O. The Hall–Kier alpha value is -0.740. The summed E-state index contributed by atoms with van der Waals surface area (Å²) in [6.45, 7) is 2.19. The van der Waals surface area contributed by atoms with Gasteiger partial charge in [0, 0.05) is 16.9 Å². The molecule has 2 bridgehead atoms. The maximum absolute atomic E-state index is 10.5. The second-order valence-electron chi connectivity index (χ2n) is 7.54. The molecule has 3 fully saturated rings. The van der Waals surface area contributed by atoms with Crippen LogP contribution in [-0.4, -0.2) is 32.8 Å². The molecule has 5 atom stereocenters. The lowest BCUT2D eigenvalue weighted by Crippen LogP contribution is -2.44. The molecule has 0 unspecified atom stereocenters. The van der Waals surface area contributed by atoms with Gasteiger partial charge in [-0.05, 0) is 50.4 Å². The van der Waals surface area contributed by atoms with Crippen molar-refractivity contribution >= 4 is 17.7 Å². The molecule has 0 amide bonds. The number of aliphatic hydroxyl groups excluding tert-OH is 1. The third-order valence-electron chi connectivity index (χ3n) is 5.45. The summed E-state index contributed by atoms with van der Waals surface area (Å²) in [4.78, 5) is 10.5. The predicted molar refractivity (Wildman–Crippen MR) is 106 cm³/mol. The molecule has 0 aromatic carbocycles. The molecule has 0 radical (unpaired) electrons. The summed E-state index contributed by atoms with van der Waals surface area (Å²) in [6.07, 6.45) is 18.4. The van der Waals surface area contributed by atoms with Crippen molar-refractivity contribution in [3.8, 4) is 0 Å². The summed E-state index contributed by atoms with van der Waals surface area (Å²) in [5, 5.41) is 20.4. The Bertz CT molecular complexity index is 454. The van der Waals surface area contributed by atoms with E-state index in [1.807, 2.05) is 6.08 Å². The van der Waals surface area contributed by atoms with Gasteiger partial charge < -0.3 is 10.2 Å². The Morgan fingerprint density at radius 2 is 2.04 bits per heavy atom. The molecule has 3 rings (SSSR count). The van der Waals surface area contributed by atoms with E-state index < -0.39 is 5.97 Å². The first-order valence-electron chi connectivity index (χ1n) is 9.98. The number of rotatable bonds is 12. The second-order valence-corrected chi connectivity index (χ2v) is 9.08. The third kappa shape index (κ3) is 7.18. The van der Waals surface area contributed by atoms with Gasteiger partial charge in [-0.15, -0.1) is 0 Å².